The molecule has 1 amide bonds. The third-order valence-electron chi connectivity index (χ3n) is 4.09. The fourth-order valence-electron chi connectivity index (χ4n) is 2.70. The molecule has 2 aromatic carbocycles. The summed E-state index contributed by atoms with van der Waals surface area (Å²) in [5.74, 6) is -0.458. The zero-order valence-electron chi connectivity index (χ0n) is 14.8. The largest absolute Gasteiger partial charge is 0.483 e. The molecule has 0 radical (unpaired) electrons. The molecule has 0 atom stereocenters. The minimum Gasteiger partial charge on any atom is -0.483 e. The average molecular weight is 415 g/mol. The van der Waals surface area contributed by atoms with E-state index in [2.05, 4.69) is 15.0 Å². The van der Waals surface area contributed by atoms with Gasteiger partial charge in [0.05, 0.1) is 18.2 Å². The predicted molar refractivity (Wildman–Crippen MR) is 100 cm³/mol. The number of carbonyl (C=O) groups excluding carboxylic acids is 1. The van der Waals surface area contributed by atoms with E-state index in [1.807, 2.05) is 12.1 Å². The molecule has 0 saturated carbocycles. The predicted octanol–water partition coefficient (Wildman–Crippen LogP) is 4.37. The van der Waals surface area contributed by atoms with Gasteiger partial charge in [-0.1, -0.05) is 11.6 Å². The van der Waals surface area contributed by atoms with Crippen LogP contribution in [0.1, 0.15) is 10.4 Å². The Hall–Kier alpha value is -2.45. The molecular formula is C19H18ClF3N2O3. The zero-order chi connectivity index (χ0) is 20.1. The Labute approximate surface area is 165 Å². The summed E-state index contributed by atoms with van der Waals surface area (Å²) in [7, 11) is 0. The second-order valence-corrected chi connectivity index (χ2v) is 6.56. The fraction of sp³-hybridized carbons (Fsp3) is 0.316. The number of nitrogens with zero attached hydrogens (tertiary/aromatic N) is 1. The van der Waals surface area contributed by atoms with Crippen molar-refractivity contribution >= 4 is 28.9 Å². The van der Waals surface area contributed by atoms with Crippen LogP contribution in [0.2, 0.25) is 5.02 Å². The highest BCUT2D eigenvalue weighted by atomic mass is 35.5. The third kappa shape index (κ3) is 5.53. The van der Waals surface area contributed by atoms with Crippen LogP contribution >= 0.6 is 11.6 Å². The van der Waals surface area contributed by atoms with Crippen molar-refractivity contribution in [3.05, 3.63) is 53.1 Å². The van der Waals surface area contributed by atoms with Crippen molar-refractivity contribution in [3.8, 4) is 5.75 Å². The standard InChI is InChI=1S/C19H18ClF3N2O3/c20-16-11-14(3-6-17(16)28-12-19(21,22)23)24-18(26)13-1-4-15(5-2-13)25-7-9-27-10-8-25/h1-6,11H,7-10,12H2,(H,24,26). The SMILES string of the molecule is O=C(Nc1ccc(OCC(F)(F)F)c(Cl)c1)c1ccc(N2CCOCC2)cc1. The Bertz CT molecular complexity index is 822. The minimum absolute atomic E-state index is 0.0234. The molecule has 1 aliphatic rings. The first kappa shape index (κ1) is 20.3. The lowest BCUT2D eigenvalue weighted by molar-refractivity contribution is -0.153. The fourth-order valence-corrected chi connectivity index (χ4v) is 2.94. The monoisotopic (exact) mass is 414 g/mol. The van der Waals surface area contributed by atoms with Gasteiger partial charge in [-0.25, -0.2) is 0 Å². The lowest BCUT2D eigenvalue weighted by Crippen LogP contribution is -2.36. The van der Waals surface area contributed by atoms with Crippen LogP contribution in [0.5, 0.6) is 5.75 Å². The number of benzene rings is 2. The molecule has 1 fully saturated rings. The number of nitrogens with one attached hydrogen (secondary N) is 1. The number of alkyl halides is 3. The van der Waals surface area contributed by atoms with E-state index < -0.39 is 12.8 Å². The van der Waals surface area contributed by atoms with Gasteiger partial charge in [0.1, 0.15) is 5.75 Å². The maximum absolute atomic E-state index is 12.4. The summed E-state index contributed by atoms with van der Waals surface area (Å²) in [6.07, 6.45) is -4.45. The van der Waals surface area contributed by atoms with E-state index in [-0.39, 0.29) is 16.7 Å². The molecule has 1 saturated heterocycles. The summed E-state index contributed by atoms with van der Waals surface area (Å²) in [6.45, 7) is 1.50. The van der Waals surface area contributed by atoms with Crippen LogP contribution in [0.15, 0.2) is 42.5 Å². The summed E-state index contributed by atoms with van der Waals surface area (Å²) < 4.78 is 46.6. The summed E-state index contributed by atoms with van der Waals surface area (Å²) in [5.41, 5.74) is 1.81. The van der Waals surface area contributed by atoms with E-state index in [1.54, 1.807) is 12.1 Å². The molecule has 0 aromatic heterocycles. The molecular weight excluding hydrogens is 397 g/mol. The highest BCUT2D eigenvalue weighted by Gasteiger charge is 2.28. The number of anilines is 2. The molecule has 0 aliphatic carbocycles. The Morgan fingerprint density at radius 2 is 1.82 bits per heavy atom. The normalized spacial score (nSPS) is 14.6. The molecule has 0 spiro atoms. The van der Waals surface area contributed by atoms with Crippen LogP contribution < -0.4 is 15.0 Å². The molecule has 1 N–H and O–H groups in total. The molecule has 150 valence electrons. The van der Waals surface area contributed by atoms with Gasteiger partial charge in [-0.05, 0) is 42.5 Å². The number of halogens is 4. The number of hydrogen-bond donors (Lipinski definition) is 1. The van der Waals surface area contributed by atoms with Gasteiger partial charge in [-0.15, -0.1) is 0 Å². The summed E-state index contributed by atoms with van der Waals surface area (Å²) >= 11 is 5.94. The van der Waals surface area contributed by atoms with E-state index in [0.717, 1.165) is 18.8 Å². The van der Waals surface area contributed by atoms with Crippen LogP contribution in [0, 0.1) is 0 Å². The lowest BCUT2D eigenvalue weighted by atomic mass is 10.1. The van der Waals surface area contributed by atoms with E-state index in [9.17, 15) is 18.0 Å². The van der Waals surface area contributed by atoms with E-state index in [4.69, 9.17) is 16.3 Å². The number of rotatable bonds is 5. The molecule has 3 rings (SSSR count). The highest BCUT2D eigenvalue weighted by molar-refractivity contribution is 6.32. The topological polar surface area (TPSA) is 50.8 Å². The number of morpholine rings is 1. The first-order valence-corrected chi connectivity index (χ1v) is 8.93. The van der Waals surface area contributed by atoms with Gasteiger partial charge in [0.15, 0.2) is 6.61 Å². The Morgan fingerprint density at radius 1 is 1.14 bits per heavy atom. The molecule has 28 heavy (non-hydrogen) atoms. The third-order valence-corrected chi connectivity index (χ3v) is 4.38. The van der Waals surface area contributed by atoms with Crippen LogP contribution in [0.3, 0.4) is 0 Å². The van der Waals surface area contributed by atoms with Crippen molar-refractivity contribution in [3.63, 3.8) is 0 Å². The van der Waals surface area contributed by atoms with Crippen LogP contribution in [-0.4, -0.2) is 45.0 Å². The molecule has 0 bridgehead atoms. The number of ether oxygens (including phenoxy) is 2. The van der Waals surface area contributed by atoms with Gasteiger partial charge in [0.25, 0.3) is 5.91 Å². The Balaban J connectivity index is 1.61. The second kappa shape index (κ2) is 8.70. The van der Waals surface area contributed by atoms with Gasteiger partial charge in [-0.2, -0.15) is 13.2 Å². The zero-order valence-corrected chi connectivity index (χ0v) is 15.5. The van der Waals surface area contributed by atoms with Crippen LogP contribution in [0.4, 0.5) is 24.5 Å². The molecule has 1 heterocycles. The smallest absolute Gasteiger partial charge is 0.422 e. The first-order valence-electron chi connectivity index (χ1n) is 8.55. The van der Waals surface area contributed by atoms with E-state index >= 15 is 0 Å². The maximum Gasteiger partial charge on any atom is 0.422 e. The van der Waals surface area contributed by atoms with E-state index in [0.29, 0.717) is 24.5 Å². The number of carbonyl (C=O) groups is 1. The van der Waals surface area contributed by atoms with Gasteiger partial charge >= 0.3 is 6.18 Å². The lowest BCUT2D eigenvalue weighted by Gasteiger charge is -2.28. The molecule has 5 nitrogen and oxygen atoms in total. The summed E-state index contributed by atoms with van der Waals surface area (Å²) in [5, 5.41) is 2.64. The summed E-state index contributed by atoms with van der Waals surface area (Å²) in [4.78, 5) is 14.6. The van der Waals surface area contributed by atoms with Gasteiger partial charge < -0.3 is 19.7 Å². The molecule has 2 aromatic rings. The van der Waals surface area contributed by atoms with Gasteiger partial charge in [-0.3, -0.25) is 4.79 Å². The quantitative estimate of drug-likeness (QED) is 0.789. The van der Waals surface area contributed by atoms with Gasteiger partial charge in [0, 0.05) is 30.0 Å². The first-order chi connectivity index (χ1) is 13.3. The van der Waals surface area contributed by atoms with Crippen LogP contribution in [-0.2, 0) is 4.74 Å². The van der Waals surface area contributed by atoms with Crippen molar-refractivity contribution in [2.24, 2.45) is 0 Å². The minimum atomic E-state index is -4.45. The average Bonchev–Trinajstić information content (AvgIpc) is 2.67. The maximum atomic E-state index is 12.4. The van der Waals surface area contributed by atoms with Crippen molar-refractivity contribution in [2.75, 3.05) is 43.1 Å². The van der Waals surface area contributed by atoms with E-state index in [1.165, 1.54) is 18.2 Å². The summed E-state index contributed by atoms with van der Waals surface area (Å²) in [6, 6.07) is 11.2. The highest BCUT2D eigenvalue weighted by Crippen LogP contribution is 2.29. The van der Waals surface area contributed by atoms with Crippen molar-refractivity contribution in [2.45, 2.75) is 6.18 Å². The van der Waals surface area contributed by atoms with Crippen molar-refractivity contribution in [1.29, 1.82) is 0 Å². The molecule has 9 heteroatoms. The number of amides is 1. The Kier molecular flexibility index (Phi) is 6.31. The molecule has 1 aliphatic heterocycles. The van der Waals surface area contributed by atoms with Crippen molar-refractivity contribution in [1.82, 2.24) is 0 Å². The van der Waals surface area contributed by atoms with Gasteiger partial charge in [0.2, 0.25) is 0 Å². The van der Waals surface area contributed by atoms with Crippen molar-refractivity contribution < 1.29 is 27.4 Å². The van der Waals surface area contributed by atoms with Crippen LogP contribution in [0.25, 0.3) is 0 Å². The second-order valence-electron chi connectivity index (χ2n) is 6.15. The molecule has 0 unspecified atom stereocenters. The number of hydrogen-bond acceptors (Lipinski definition) is 4. The Morgan fingerprint density at radius 3 is 2.43 bits per heavy atom.